The van der Waals surface area contributed by atoms with E-state index in [4.69, 9.17) is 18.5 Å². The fourth-order valence-corrected chi connectivity index (χ4v) is 5.78. The Morgan fingerprint density at radius 1 is 0.604 bits per heavy atom. The average Bonchev–Trinajstić information content (AvgIpc) is 3.10. The van der Waals surface area contributed by atoms with Gasteiger partial charge in [0.15, 0.2) is 6.10 Å². The summed E-state index contributed by atoms with van der Waals surface area (Å²) in [7, 11) is 1.44. The van der Waals surface area contributed by atoms with Gasteiger partial charge in [-0.3, -0.25) is 18.6 Å². The third-order valence-corrected chi connectivity index (χ3v) is 9.27. The van der Waals surface area contributed by atoms with Crippen molar-refractivity contribution in [3.63, 3.8) is 0 Å². The predicted molar refractivity (Wildman–Crippen MR) is 219 cm³/mol. The van der Waals surface area contributed by atoms with Crippen LogP contribution < -0.4 is 0 Å². The minimum absolute atomic E-state index is 0.0230. The molecular weight excluding hydrogens is 689 g/mol. The number of nitrogens with zero attached hydrogens (tertiary/aromatic N) is 1. The summed E-state index contributed by atoms with van der Waals surface area (Å²) < 4.78 is 34.2. The Kier molecular flexibility index (Phi) is 33.9. The van der Waals surface area contributed by atoms with E-state index in [1.165, 1.54) is 12.8 Å². The maximum absolute atomic E-state index is 12.6. The Bertz CT molecular complexity index is 1090. The van der Waals surface area contributed by atoms with Crippen molar-refractivity contribution in [2.24, 2.45) is 0 Å². The molecule has 0 saturated carbocycles. The number of phosphoric ester groups is 1. The van der Waals surface area contributed by atoms with Crippen LogP contribution in [0.5, 0.6) is 0 Å². The number of phosphoric acid groups is 1. The van der Waals surface area contributed by atoms with Gasteiger partial charge in [0.1, 0.15) is 19.8 Å². The molecule has 0 bridgehead atoms. The highest BCUT2D eigenvalue weighted by Gasteiger charge is 2.27. The zero-order valence-electron chi connectivity index (χ0n) is 34.2. The highest BCUT2D eigenvalue weighted by molar-refractivity contribution is 7.47. The third-order valence-electron chi connectivity index (χ3n) is 8.28. The van der Waals surface area contributed by atoms with Crippen LogP contribution in [0, 0.1) is 0 Å². The van der Waals surface area contributed by atoms with Crippen molar-refractivity contribution in [3.8, 4) is 0 Å². The maximum Gasteiger partial charge on any atom is 0.472 e. The van der Waals surface area contributed by atoms with Crippen LogP contribution in [0.2, 0.25) is 0 Å². The van der Waals surface area contributed by atoms with Crippen LogP contribution in [-0.4, -0.2) is 74.9 Å². The second-order valence-corrected chi connectivity index (χ2v) is 16.1. The topological polar surface area (TPSA) is 108 Å². The van der Waals surface area contributed by atoms with Gasteiger partial charge in [0, 0.05) is 12.8 Å². The molecule has 0 radical (unpaired) electrons. The fourth-order valence-electron chi connectivity index (χ4n) is 5.04. The summed E-state index contributed by atoms with van der Waals surface area (Å²) >= 11 is 0. The highest BCUT2D eigenvalue weighted by atomic mass is 31.2. The Labute approximate surface area is 324 Å². The molecule has 10 heteroatoms. The lowest BCUT2D eigenvalue weighted by atomic mass is 10.1. The normalized spacial score (nSPS) is 14.3. The summed E-state index contributed by atoms with van der Waals surface area (Å²) in [5.41, 5.74) is 0. The zero-order chi connectivity index (χ0) is 39.3. The number of likely N-dealkylation sites (N-methyl/N-ethyl adjacent to an activating group) is 1. The largest absolute Gasteiger partial charge is 0.472 e. The molecule has 0 aromatic rings. The second kappa shape index (κ2) is 35.4. The molecule has 0 heterocycles. The number of quaternary nitrogens is 1. The van der Waals surface area contributed by atoms with Gasteiger partial charge >= 0.3 is 19.8 Å². The number of unbranched alkanes of at least 4 members (excludes halogenated alkanes) is 12. The molecule has 0 aromatic carbocycles. The number of esters is 2. The first-order chi connectivity index (χ1) is 25.5. The van der Waals surface area contributed by atoms with Crippen molar-refractivity contribution in [1.82, 2.24) is 0 Å². The van der Waals surface area contributed by atoms with E-state index in [1.807, 2.05) is 21.1 Å². The van der Waals surface area contributed by atoms with Crippen LogP contribution in [0.1, 0.15) is 149 Å². The van der Waals surface area contributed by atoms with Gasteiger partial charge in [-0.2, -0.15) is 0 Å². The number of allylic oxidation sites excluding steroid dienone is 10. The number of carbonyl (C=O) groups excluding carboxylic acids is 2. The summed E-state index contributed by atoms with van der Waals surface area (Å²) in [6.45, 7) is 4.21. The van der Waals surface area contributed by atoms with E-state index < -0.39 is 32.5 Å². The lowest BCUT2D eigenvalue weighted by Gasteiger charge is -2.24. The molecule has 0 aromatic heterocycles. The van der Waals surface area contributed by atoms with E-state index in [1.54, 1.807) is 0 Å². The molecular formula is C43H77NO8P+. The van der Waals surface area contributed by atoms with Gasteiger partial charge in [0.2, 0.25) is 0 Å². The number of carbonyl (C=O) groups is 2. The van der Waals surface area contributed by atoms with Gasteiger partial charge < -0.3 is 18.9 Å². The summed E-state index contributed by atoms with van der Waals surface area (Å²) in [5.74, 6) is -0.841. The van der Waals surface area contributed by atoms with Crippen LogP contribution >= 0.6 is 7.82 Å². The Morgan fingerprint density at radius 2 is 1.08 bits per heavy atom. The standard InChI is InChI=1S/C43H76NO8P/c1-6-8-10-12-14-16-18-20-22-24-25-27-29-31-33-35-42(45)49-39-41(40-51-53(47,48)50-38-37-44(3,4)5)52-43(46)36-34-32-30-28-26-23-21-19-17-15-13-11-9-7-2/h8,10,13-16,19-22,41H,6-7,9,11-12,17-18,23-40H2,1-5H3/p+1/b10-8+,15-13+,16-14+,21-19+,22-20+/t41-/m1/s1. The summed E-state index contributed by atoms with van der Waals surface area (Å²) in [6, 6.07) is 0. The molecule has 53 heavy (non-hydrogen) atoms. The minimum atomic E-state index is -4.38. The third kappa shape index (κ3) is 39.2. The van der Waals surface area contributed by atoms with Gasteiger partial charge in [0.05, 0.1) is 27.7 Å². The lowest BCUT2D eigenvalue weighted by Crippen LogP contribution is -2.37. The summed E-state index contributed by atoms with van der Waals surface area (Å²) in [4.78, 5) is 35.3. The fraction of sp³-hybridized carbons (Fsp3) is 0.721. The van der Waals surface area contributed by atoms with Crippen molar-refractivity contribution in [1.29, 1.82) is 0 Å². The Balaban J connectivity index is 4.46. The zero-order valence-corrected chi connectivity index (χ0v) is 35.1. The first-order valence-electron chi connectivity index (χ1n) is 20.5. The summed E-state index contributed by atoms with van der Waals surface area (Å²) in [5, 5.41) is 0. The predicted octanol–water partition coefficient (Wildman–Crippen LogP) is 11.3. The number of ether oxygens (including phenoxy) is 2. The molecule has 0 spiro atoms. The minimum Gasteiger partial charge on any atom is -0.462 e. The molecule has 306 valence electrons. The van der Waals surface area contributed by atoms with E-state index in [9.17, 15) is 19.0 Å². The molecule has 9 nitrogen and oxygen atoms in total. The monoisotopic (exact) mass is 767 g/mol. The maximum atomic E-state index is 12.6. The number of hydrogen-bond acceptors (Lipinski definition) is 7. The van der Waals surface area contributed by atoms with E-state index in [2.05, 4.69) is 74.6 Å². The lowest BCUT2D eigenvalue weighted by molar-refractivity contribution is -0.870. The van der Waals surface area contributed by atoms with Gasteiger partial charge in [-0.25, -0.2) is 4.57 Å². The Hall–Kier alpha value is -2.29. The van der Waals surface area contributed by atoms with Gasteiger partial charge in [0.25, 0.3) is 0 Å². The molecule has 0 rings (SSSR count). The van der Waals surface area contributed by atoms with E-state index in [0.717, 1.165) is 96.3 Å². The van der Waals surface area contributed by atoms with E-state index in [-0.39, 0.29) is 26.1 Å². The second-order valence-electron chi connectivity index (χ2n) is 14.6. The molecule has 2 atom stereocenters. The molecule has 0 saturated heterocycles. The van der Waals surface area contributed by atoms with Crippen LogP contribution in [0.15, 0.2) is 60.8 Å². The van der Waals surface area contributed by atoms with Crippen molar-refractivity contribution >= 4 is 19.8 Å². The number of hydrogen-bond donors (Lipinski definition) is 1. The van der Waals surface area contributed by atoms with Crippen LogP contribution in [0.3, 0.4) is 0 Å². The molecule has 1 N–H and O–H groups in total. The Morgan fingerprint density at radius 3 is 1.60 bits per heavy atom. The molecule has 0 amide bonds. The van der Waals surface area contributed by atoms with E-state index in [0.29, 0.717) is 23.9 Å². The molecule has 0 aliphatic rings. The first-order valence-corrected chi connectivity index (χ1v) is 22.0. The highest BCUT2D eigenvalue weighted by Crippen LogP contribution is 2.43. The smallest absolute Gasteiger partial charge is 0.462 e. The van der Waals surface area contributed by atoms with Crippen molar-refractivity contribution < 1.29 is 42.1 Å². The van der Waals surface area contributed by atoms with Gasteiger partial charge in [-0.1, -0.05) is 126 Å². The SMILES string of the molecule is CC/C=C/C/C=C/C/C=C/CCCCCCCC(=O)OC[C@H](COP(=O)(O)OCC[N+](C)(C)C)OC(=O)CCCCCCC/C=C/C/C=C/CCCC. The van der Waals surface area contributed by atoms with Crippen LogP contribution in [0.25, 0.3) is 0 Å². The van der Waals surface area contributed by atoms with Crippen LogP contribution in [0.4, 0.5) is 0 Å². The molecule has 1 unspecified atom stereocenters. The molecule has 0 fully saturated rings. The van der Waals surface area contributed by atoms with E-state index >= 15 is 0 Å². The van der Waals surface area contributed by atoms with Gasteiger partial charge in [-0.15, -0.1) is 0 Å². The number of rotatable bonds is 36. The molecule has 0 aliphatic carbocycles. The quantitative estimate of drug-likeness (QED) is 0.0221. The first kappa shape index (κ1) is 50.7. The van der Waals surface area contributed by atoms with Gasteiger partial charge in [-0.05, 0) is 70.6 Å². The molecule has 0 aliphatic heterocycles. The van der Waals surface area contributed by atoms with Crippen LogP contribution in [-0.2, 0) is 32.7 Å². The summed E-state index contributed by atoms with van der Waals surface area (Å²) in [6.07, 6.45) is 41.2. The van der Waals surface area contributed by atoms with Crippen molar-refractivity contribution in [3.05, 3.63) is 60.8 Å². The van der Waals surface area contributed by atoms with Crippen molar-refractivity contribution in [2.75, 3.05) is 47.5 Å². The van der Waals surface area contributed by atoms with Crippen molar-refractivity contribution in [2.45, 2.75) is 155 Å². The average molecular weight is 767 g/mol.